The molecule has 98 valence electrons. The fraction of sp³-hybridized carbons (Fsp3) is 0. The van der Waals surface area contributed by atoms with E-state index in [4.69, 9.17) is 4.42 Å². The van der Waals surface area contributed by atoms with E-state index in [1.165, 1.54) is 0 Å². The van der Waals surface area contributed by atoms with Crippen molar-refractivity contribution in [3.63, 3.8) is 0 Å². The molecule has 1 aromatic carbocycles. The topological polar surface area (TPSA) is 30.4 Å². The Labute approximate surface area is 131 Å². The van der Waals surface area contributed by atoms with Crippen LogP contribution in [0.25, 0.3) is 28.1 Å². The molecule has 0 fully saturated rings. The van der Waals surface area contributed by atoms with Gasteiger partial charge in [-0.2, -0.15) is 0 Å². The van der Waals surface area contributed by atoms with E-state index >= 15 is 0 Å². The first-order chi connectivity index (χ1) is 9.69. The number of imidazole rings is 1. The van der Waals surface area contributed by atoms with Crippen molar-refractivity contribution in [2.45, 2.75) is 0 Å². The molecule has 3 aromatic heterocycles. The van der Waals surface area contributed by atoms with Gasteiger partial charge in [-0.25, -0.2) is 4.98 Å². The molecule has 0 amide bonds. The van der Waals surface area contributed by atoms with Gasteiger partial charge in [-0.1, -0.05) is 15.9 Å². The van der Waals surface area contributed by atoms with Gasteiger partial charge in [0, 0.05) is 26.7 Å². The number of aromatic nitrogens is 2. The zero-order valence-electron chi connectivity index (χ0n) is 10.2. The highest BCUT2D eigenvalue weighted by Gasteiger charge is 2.10. The predicted molar refractivity (Wildman–Crippen MR) is 85.8 cm³/mol. The Morgan fingerprint density at radius 1 is 0.950 bits per heavy atom. The van der Waals surface area contributed by atoms with Crippen LogP contribution >= 0.6 is 31.9 Å². The number of hydrogen-bond donors (Lipinski definition) is 0. The number of hydrogen-bond acceptors (Lipinski definition) is 2. The standard InChI is InChI=1S/C15H8Br2N2O/c16-10-1-3-13-9(5-10)6-14(20-13)12-8-19-7-11(17)2-4-15(19)18-12/h1-8H. The summed E-state index contributed by atoms with van der Waals surface area (Å²) in [4.78, 5) is 4.58. The van der Waals surface area contributed by atoms with Crippen LogP contribution in [0.2, 0.25) is 0 Å². The van der Waals surface area contributed by atoms with Gasteiger partial charge in [-0.15, -0.1) is 0 Å². The van der Waals surface area contributed by atoms with Crippen molar-refractivity contribution in [2.75, 3.05) is 0 Å². The minimum Gasteiger partial charge on any atom is -0.454 e. The maximum absolute atomic E-state index is 5.86. The lowest BCUT2D eigenvalue weighted by Crippen LogP contribution is -1.80. The summed E-state index contributed by atoms with van der Waals surface area (Å²) in [5.41, 5.74) is 2.58. The molecule has 3 heterocycles. The molecule has 0 aliphatic rings. The number of rotatable bonds is 1. The molecule has 0 saturated heterocycles. The Bertz CT molecular complexity index is 862. The van der Waals surface area contributed by atoms with E-state index in [0.29, 0.717) is 0 Å². The molecule has 0 spiro atoms. The van der Waals surface area contributed by atoms with Gasteiger partial charge in [0.1, 0.15) is 16.9 Å². The second-order valence-corrected chi connectivity index (χ2v) is 6.36. The van der Waals surface area contributed by atoms with Gasteiger partial charge in [0.15, 0.2) is 5.76 Å². The molecule has 20 heavy (non-hydrogen) atoms. The normalized spacial score (nSPS) is 11.5. The highest BCUT2D eigenvalue weighted by molar-refractivity contribution is 9.10. The molecule has 0 radical (unpaired) electrons. The Balaban J connectivity index is 1.91. The number of furan rings is 1. The molecule has 0 unspecified atom stereocenters. The van der Waals surface area contributed by atoms with E-state index in [1.54, 1.807) is 0 Å². The monoisotopic (exact) mass is 390 g/mol. The number of pyridine rings is 1. The summed E-state index contributed by atoms with van der Waals surface area (Å²) in [5, 5.41) is 1.06. The van der Waals surface area contributed by atoms with Gasteiger partial charge in [0.25, 0.3) is 0 Å². The molecule has 0 atom stereocenters. The smallest absolute Gasteiger partial charge is 0.155 e. The molecular formula is C15H8Br2N2O. The fourth-order valence-electron chi connectivity index (χ4n) is 2.22. The van der Waals surface area contributed by atoms with Crippen molar-refractivity contribution in [2.24, 2.45) is 0 Å². The minimum absolute atomic E-state index is 0.776. The lowest BCUT2D eigenvalue weighted by Gasteiger charge is -1.91. The van der Waals surface area contributed by atoms with Crippen molar-refractivity contribution in [1.29, 1.82) is 0 Å². The lowest BCUT2D eigenvalue weighted by molar-refractivity contribution is 0.629. The summed E-state index contributed by atoms with van der Waals surface area (Å²) in [7, 11) is 0. The Kier molecular flexibility index (Phi) is 2.72. The first kappa shape index (κ1) is 12.2. The van der Waals surface area contributed by atoms with Crippen LogP contribution in [-0.4, -0.2) is 9.38 Å². The second-order valence-electron chi connectivity index (χ2n) is 4.53. The third-order valence-electron chi connectivity index (χ3n) is 3.15. The minimum atomic E-state index is 0.776. The molecule has 0 bridgehead atoms. The fourth-order valence-corrected chi connectivity index (χ4v) is 2.96. The maximum Gasteiger partial charge on any atom is 0.155 e. The Hall–Kier alpha value is -1.59. The third kappa shape index (κ3) is 1.98. The van der Waals surface area contributed by atoms with E-state index in [-0.39, 0.29) is 0 Å². The predicted octanol–water partition coefficient (Wildman–Crippen LogP) is 5.27. The van der Waals surface area contributed by atoms with E-state index < -0.39 is 0 Å². The average Bonchev–Trinajstić information content (AvgIpc) is 3.00. The van der Waals surface area contributed by atoms with E-state index in [0.717, 1.165) is 37.0 Å². The van der Waals surface area contributed by atoms with Crippen LogP contribution in [0.1, 0.15) is 0 Å². The number of nitrogens with zero attached hydrogens (tertiary/aromatic N) is 2. The SMILES string of the molecule is Brc1ccc2oc(-c3cn4cc(Br)ccc4n3)cc2c1. The summed E-state index contributed by atoms with van der Waals surface area (Å²) < 4.78 is 9.89. The van der Waals surface area contributed by atoms with Crippen LogP contribution in [-0.2, 0) is 0 Å². The van der Waals surface area contributed by atoms with Crippen LogP contribution in [0.5, 0.6) is 0 Å². The molecule has 3 nitrogen and oxygen atoms in total. The van der Waals surface area contributed by atoms with Gasteiger partial charge in [0.05, 0.1) is 0 Å². The first-order valence-corrected chi connectivity index (χ1v) is 7.61. The van der Waals surface area contributed by atoms with Crippen molar-refractivity contribution in [3.05, 3.63) is 57.7 Å². The van der Waals surface area contributed by atoms with Crippen LogP contribution < -0.4 is 0 Å². The van der Waals surface area contributed by atoms with Crippen molar-refractivity contribution < 1.29 is 4.42 Å². The summed E-state index contributed by atoms with van der Waals surface area (Å²) in [6, 6.07) is 11.9. The van der Waals surface area contributed by atoms with Crippen molar-refractivity contribution in [3.8, 4) is 11.5 Å². The summed E-state index contributed by atoms with van der Waals surface area (Å²) in [5.74, 6) is 0.776. The molecule has 0 aliphatic heterocycles. The third-order valence-corrected chi connectivity index (χ3v) is 4.11. The van der Waals surface area contributed by atoms with Crippen LogP contribution in [0.3, 0.4) is 0 Å². The number of benzene rings is 1. The summed E-state index contributed by atoms with van der Waals surface area (Å²) >= 11 is 6.92. The van der Waals surface area contributed by atoms with Gasteiger partial charge >= 0.3 is 0 Å². The van der Waals surface area contributed by atoms with Gasteiger partial charge in [-0.3, -0.25) is 0 Å². The molecule has 4 rings (SSSR count). The average molecular weight is 392 g/mol. The zero-order valence-corrected chi connectivity index (χ0v) is 13.3. The van der Waals surface area contributed by atoms with E-state index in [1.807, 2.05) is 53.2 Å². The highest BCUT2D eigenvalue weighted by Crippen LogP contribution is 2.29. The van der Waals surface area contributed by atoms with Crippen molar-refractivity contribution >= 4 is 48.5 Å². The van der Waals surface area contributed by atoms with Gasteiger partial charge < -0.3 is 8.82 Å². The number of halogens is 2. The lowest BCUT2D eigenvalue weighted by atomic mass is 10.2. The molecule has 4 aromatic rings. The Morgan fingerprint density at radius 3 is 2.70 bits per heavy atom. The van der Waals surface area contributed by atoms with Gasteiger partial charge in [0.2, 0.25) is 0 Å². The van der Waals surface area contributed by atoms with Crippen LogP contribution in [0.4, 0.5) is 0 Å². The summed E-state index contributed by atoms with van der Waals surface area (Å²) in [6.45, 7) is 0. The van der Waals surface area contributed by atoms with E-state index in [9.17, 15) is 0 Å². The molecule has 0 aliphatic carbocycles. The molecule has 0 N–H and O–H groups in total. The zero-order chi connectivity index (χ0) is 13.7. The second kappa shape index (κ2) is 4.46. The van der Waals surface area contributed by atoms with Gasteiger partial charge in [-0.05, 0) is 52.3 Å². The first-order valence-electron chi connectivity index (χ1n) is 6.03. The number of fused-ring (bicyclic) bond motifs is 2. The van der Waals surface area contributed by atoms with Crippen LogP contribution in [0.15, 0.2) is 62.2 Å². The van der Waals surface area contributed by atoms with Crippen LogP contribution in [0, 0.1) is 0 Å². The Morgan fingerprint density at radius 2 is 1.80 bits per heavy atom. The maximum atomic E-state index is 5.86. The molecule has 0 saturated carbocycles. The van der Waals surface area contributed by atoms with E-state index in [2.05, 4.69) is 36.8 Å². The largest absolute Gasteiger partial charge is 0.454 e. The molecular weight excluding hydrogens is 384 g/mol. The molecule has 5 heteroatoms. The highest BCUT2D eigenvalue weighted by atomic mass is 79.9. The van der Waals surface area contributed by atoms with Crippen molar-refractivity contribution in [1.82, 2.24) is 9.38 Å². The summed E-state index contributed by atoms with van der Waals surface area (Å²) in [6.07, 6.45) is 3.94. The quantitative estimate of drug-likeness (QED) is 0.442.